The van der Waals surface area contributed by atoms with E-state index in [4.69, 9.17) is 10.3 Å². The van der Waals surface area contributed by atoms with Crippen molar-refractivity contribution in [2.45, 2.75) is 40.5 Å². The minimum Gasteiger partial charge on any atom is -0.343 e. The second-order valence-electron chi connectivity index (χ2n) is 9.00. The van der Waals surface area contributed by atoms with Crippen molar-refractivity contribution < 1.29 is 4.79 Å². The molecule has 0 bridgehead atoms. The Kier molecular flexibility index (Phi) is 7.15. The van der Waals surface area contributed by atoms with Gasteiger partial charge in [-0.05, 0) is 42.4 Å². The van der Waals surface area contributed by atoms with Crippen molar-refractivity contribution in [2.24, 2.45) is 16.8 Å². The van der Waals surface area contributed by atoms with Crippen LogP contribution in [0.5, 0.6) is 0 Å². The first-order chi connectivity index (χ1) is 14.4. The fourth-order valence-electron chi connectivity index (χ4n) is 4.01. The summed E-state index contributed by atoms with van der Waals surface area (Å²) < 4.78 is 0. The number of aliphatic imine (C=N–C) groups is 1. The van der Waals surface area contributed by atoms with E-state index in [2.05, 4.69) is 44.0 Å². The molecule has 0 radical (unpaired) electrons. The molecule has 2 aliphatic rings. The smallest absolute Gasteiger partial charge is 0.253 e. The van der Waals surface area contributed by atoms with E-state index in [0.29, 0.717) is 29.5 Å². The Morgan fingerprint density at radius 3 is 2.27 bits per heavy atom. The third-order valence-corrected chi connectivity index (χ3v) is 5.35. The molecule has 6 heteroatoms. The van der Waals surface area contributed by atoms with Crippen LogP contribution in [0.25, 0.3) is 5.70 Å². The third-order valence-electron chi connectivity index (χ3n) is 5.35. The molecule has 0 spiro atoms. The minimum atomic E-state index is 0.0495. The number of nitrogens with one attached hydrogen (secondary N) is 1. The van der Waals surface area contributed by atoms with Crippen molar-refractivity contribution >= 4 is 17.6 Å². The molecule has 1 fully saturated rings. The Bertz CT molecular complexity index is 845. The standard InChI is InChI=1S/C24H33N5O/c1-17(2)15-29(16-18(3)4)23(30)21-14-26-24(28-11-5-6-12-28)27-22(21)20-9-7-19(13-25)8-10-20/h7-10,17-18H,5-6,11-12,14-16H2,1-4H3,(H,26,27). The zero-order valence-corrected chi connectivity index (χ0v) is 18.6. The van der Waals surface area contributed by atoms with E-state index in [1.165, 1.54) is 12.8 Å². The van der Waals surface area contributed by atoms with E-state index in [1.54, 1.807) is 12.1 Å². The van der Waals surface area contributed by atoms with Crippen LogP contribution in [-0.4, -0.2) is 54.4 Å². The maximum atomic E-state index is 13.6. The highest BCUT2D eigenvalue weighted by Gasteiger charge is 2.29. The molecule has 1 N–H and O–H groups in total. The van der Waals surface area contributed by atoms with Gasteiger partial charge in [-0.1, -0.05) is 39.8 Å². The van der Waals surface area contributed by atoms with E-state index in [9.17, 15) is 4.79 Å². The van der Waals surface area contributed by atoms with Crippen molar-refractivity contribution in [2.75, 3.05) is 32.7 Å². The number of benzene rings is 1. The molecule has 1 saturated heterocycles. The first-order valence-corrected chi connectivity index (χ1v) is 11.0. The topological polar surface area (TPSA) is 71.7 Å². The van der Waals surface area contributed by atoms with Gasteiger partial charge in [0.1, 0.15) is 0 Å². The maximum absolute atomic E-state index is 13.6. The predicted molar refractivity (Wildman–Crippen MR) is 121 cm³/mol. The summed E-state index contributed by atoms with van der Waals surface area (Å²) in [6, 6.07) is 9.59. The van der Waals surface area contributed by atoms with Gasteiger partial charge in [0.2, 0.25) is 0 Å². The average molecular weight is 408 g/mol. The number of carbonyl (C=O) groups excluding carboxylic acids is 1. The van der Waals surface area contributed by atoms with Crippen LogP contribution in [0.3, 0.4) is 0 Å². The summed E-state index contributed by atoms with van der Waals surface area (Å²) in [4.78, 5) is 22.6. The lowest BCUT2D eigenvalue weighted by Gasteiger charge is -2.31. The van der Waals surface area contributed by atoms with Gasteiger partial charge in [0.05, 0.1) is 29.4 Å². The summed E-state index contributed by atoms with van der Waals surface area (Å²) in [5.41, 5.74) is 3.04. The molecule has 0 atom stereocenters. The summed E-state index contributed by atoms with van der Waals surface area (Å²) >= 11 is 0. The molecule has 1 amide bonds. The normalized spacial score (nSPS) is 16.6. The Labute approximate surface area is 180 Å². The highest BCUT2D eigenvalue weighted by atomic mass is 16.2. The number of hydrogen-bond acceptors (Lipinski definition) is 5. The fourth-order valence-corrected chi connectivity index (χ4v) is 4.01. The van der Waals surface area contributed by atoms with Crippen LogP contribution in [-0.2, 0) is 4.79 Å². The molecule has 6 nitrogen and oxygen atoms in total. The zero-order chi connectivity index (χ0) is 21.7. The molecular weight excluding hydrogens is 374 g/mol. The van der Waals surface area contributed by atoms with E-state index in [-0.39, 0.29) is 5.91 Å². The van der Waals surface area contributed by atoms with Crippen molar-refractivity contribution in [3.63, 3.8) is 0 Å². The van der Waals surface area contributed by atoms with Gasteiger partial charge in [0.15, 0.2) is 5.96 Å². The van der Waals surface area contributed by atoms with Gasteiger partial charge in [-0.15, -0.1) is 0 Å². The van der Waals surface area contributed by atoms with Gasteiger partial charge >= 0.3 is 0 Å². The summed E-state index contributed by atoms with van der Waals surface area (Å²) in [7, 11) is 0. The number of hydrogen-bond donors (Lipinski definition) is 1. The number of guanidine groups is 1. The molecule has 1 aromatic rings. The molecule has 30 heavy (non-hydrogen) atoms. The number of nitriles is 1. The van der Waals surface area contributed by atoms with E-state index in [0.717, 1.165) is 43.4 Å². The molecule has 0 aromatic heterocycles. The highest BCUT2D eigenvalue weighted by molar-refractivity contribution is 6.06. The zero-order valence-electron chi connectivity index (χ0n) is 18.6. The third kappa shape index (κ3) is 5.21. The van der Waals surface area contributed by atoms with Gasteiger partial charge in [-0.2, -0.15) is 5.26 Å². The second-order valence-corrected chi connectivity index (χ2v) is 9.00. The fraction of sp³-hybridized carbons (Fsp3) is 0.542. The lowest BCUT2D eigenvalue weighted by atomic mass is 10.0. The number of carbonyl (C=O) groups is 1. The van der Waals surface area contributed by atoms with Crippen LogP contribution >= 0.6 is 0 Å². The molecule has 2 aliphatic heterocycles. The average Bonchev–Trinajstić information content (AvgIpc) is 3.27. The Morgan fingerprint density at radius 2 is 1.73 bits per heavy atom. The molecule has 160 valence electrons. The van der Waals surface area contributed by atoms with Crippen LogP contribution in [0, 0.1) is 23.2 Å². The quantitative estimate of drug-likeness (QED) is 0.784. The monoisotopic (exact) mass is 407 g/mol. The molecule has 2 heterocycles. The molecule has 0 saturated carbocycles. The maximum Gasteiger partial charge on any atom is 0.253 e. The van der Waals surface area contributed by atoms with Crippen molar-refractivity contribution in [1.82, 2.24) is 15.1 Å². The van der Waals surface area contributed by atoms with E-state index in [1.807, 2.05) is 17.0 Å². The predicted octanol–water partition coefficient (Wildman–Crippen LogP) is 3.46. The molecular formula is C24H33N5O. The number of rotatable bonds is 6. The number of likely N-dealkylation sites (tertiary alicyclic amines) is 1. The first kappa shape index (κ1) is 21.9. The van der Waals surface area contributed by atoms with Crippen LogP contribution in [0.15, 0.2) is 34.8 Å². The van der Waals surface area contributed by atoms with Crippen LogP contribution in [0.2, 0.25) is 0 Å². The van der Waals surface area contributed by atoms with Gasteiger partial charge in [0, 0.05) is 26.2 Å². The van der Waals surface area contributed by atoms with Gasteiger partial charge < -0.3 is 15.1 Å². The summed E-state index contributed by atoms with van der Waals surface area (Å²) in [5.74, 6) is 1.69. The summed E-state index contributed by atoms with van der Waals surface area (Å²) in [6.45, 7) is 12.4. The van der Waals surface area contributed by atoms with E-state index < -0.39 is 0 Å². The molecule has 0 aliphatic carbocycles. The summed E-state index contributed by atoms with van der Waals surface area (Å²) in [6.07, 6.45) is 2.33. The van der Waals surface area contributed by atoms with E-state index >= 15 is 0 Å². The largest absolute Gasteiger partial charge is 0.343 e. The van der Waals surface area contributed by atoms with Crippen molar-refractivity contribution in [1.29, 1.82) is 5.26 Å². The second kappa shape index (κ2) is 9.80. The molecule has 0 unspecified atom stereocenters. The highest BCUT2D eigenvalue weighted by Crippen LogP contribution is 2.24. The Hall–Kier alpha value is -2.81. The van der Waals surface area contributed by atoms with Crippen LogP contribution < -0.4 is 5.32 Å². The van der Waals surface area contributed by atoms with Gasteiger partial charge in [-0.25, -0.2) is 4.99 Å². The number of amides is 1. The van der Waals surface area contributed by atoms with Crippen molar-refractivity contribution in [3.05, 3.63) is 41.0 Å². The van der Waals surface area contributed by atoms with Gasteiger partial charge in [0.25, 0.3) is 5.91 Å². The van der Waals surface area contributed by atoms with Crippen LogP contribution in [0.4, 0.5) is 0 Å². The van der Waals surface area contributed by atoms with Crippen molar-refractivity contribution in [3.8, 4) is 6.07 Å². The van der Waals surface area contributed by atoms with Gasteiger partial charge in [-0.3, -0.25) is 4.79 Å². The lowest BCUT2D eigenvalue weighted by Crippen LogP contribution is -2.45. The SMILES string of the molecule is CC(C)CN(CC(C)C)C(=O)C1=C(c2ccc(C#N)cc2)NC(N2CCCC2)=NC1. The lowest BCUT2D eigenvalue weighted by molar-refractivity contribution is -0.128. The van der Waals surface area contributed by atoms with Crippen LogP contribution in [0.1, 0.15) is 51.7 Å². The number of nitrogens with zero attached hydrogens (tertiary/aromatic N) is 4. The Balaban J connectivity index is 1.96. The molecule has 3 rings (SSSR count). The first-order valence-electron chi connectivity index (χ1n) is 11.0. The summed E-state index contributed by atoms with van der Waals surface area (Å²) in [5, 5.41) is 12.6. The Morgan fingerprint density at radius 1 is 1.13 bits per heavy atom. The molecule has 1 aromatic carbocycles. The minimum absolute atomic E-state index is 0.0495.